The zero-order valence-corrected chi connectivity index (χ0v) is 23.6. The summed E-state index contributed by atoms with van der Waals surface area (Å²) in [4.78, 5) is 40.0. The Balaban J connectivity index is 1.41. The lowest BCUT2D eigenvalue weighted by atomic mass is 9.75. The maximum atomic E-state index is 14.0. The van der Waals surface area contributed by atoms with Crippen LogP contribution in [-0.2, 0) is 24.2 Å². The van der Waals surface area contributed by atoms with Gasteiger partial charge >= 0.3 is 12.0 Å². The van der Waals surface area contributed by atoms with Crippen LogP contribution in [0.25, 0.3) is 0 Å². The molecule has 2 unspecified atom stereocenters. The molecule has 42 heavy (non-hydrogen) atoms. The van der Waals surface area contributed by atoms with Crippen LogP contribution in [0.2, 0.25) is 0 Å². The van der Waals surface area contributed by atoms with Gasteiger partial charge in [0.2, 0.25) is 5.91 Å². The average Bonchev–Trinajstić information content (AvgIpc) is 3.00. The quantitative estimate of drug-likeness (QED) is 0.221. The zero-order chi connectivity index (χ0) is 29.5. The Labute approximate surface area is 246 Å². The van der Waals surface area contributed by atoms with Crippen molar-refractivity contribution in [3.8, 4) is 0 Å². The molecule has 4 aromatic carbocycles. The molecule has 1 aliphatic rings. The fraction of sp³-hybridized carbons (Fsp3) is 0.229. The number of urea groups is 1. The summed E-state index contributed by atoms with van der Waals surface area (Å²) in [5.74, 6) is -1.08. The number of carbonyl (C=O) groups is 3. The van der Waals surface area contributed by atoms with E-state index >= 15 is 0 Å². The standard InChI is InChI=1S/C35H35N3O4/c1-24-10-5-6-14-27(24)20-28-19-18-26-13-7-8-17-31(26)33(28)38(23-25-11-3-2-4-12-25)32(39)22-36-35(42)37-30-16-9-15-29(21-30)34(40)41/h2-17,21,28,33H,18-20,22-23H2,1H3,(H,40,41)(H2,36,37,42). The number of carbonyl (C=O) groups excluding carboxylic acids is 2. The summed E-state index contributed by atoms with van der Waals surface area (Å²) in [5.41, 5.74) is 6.33. The van der Waals surface area contributed by atoms with Crippen LogP contribution < -0.4 is 10.6 Å². The summed E-state index contributed by atoms with van der Waals surface area (Å²) in [5, 5.41) is 14.6. The number of benzene rings is 4. The van der Waals surface area contributed by atoms with Crippen molar-refractivity contribution < 1.29 is 19.5 Å². The molecular weight excluding hydrogens is 526 g/mol. The minimum Gasteiger partial charge on any atom is -0.478 e. The van der Waals surface area contributed by atoms with E-state index in [-0.39, 0.29) is 30.0 Å². The van der Waals surface area contributed by atoms with Gasteiger partial charge in [-0.1, -0.05) is 84.9 Å². The monoisotopic (exact) mass is 561 g/mol. The molecule has 0 saturated carbocycles. The molecule has 7 nitrogen and oxygen atoms in total. The Kier molecular flexibility index (Phi) is 8.97. The van der Waals surface area contributed by atoms with Gasteiger partial charge in [0.25, 0.3) is 0 Å². The van der Waals surface area contributed by atoms with Gasteiger partial charge in [0.05, 0.1) is 18.2 Å². The van der Waals surface area contributed by atoms with Crippen LogP contribution in [0.4, 0.5) is 10.5 Å². The maximum absolute atomic E-state index is 14.0. The van der Waals surface area contributed by atoms with Crippen molar-refractivity contribution >= 4 is 23.6 Å². The minimum atomic E-state index is -1.08. The van der Waals surface area contributed by atoms with Gasteiger partial charge in [-0.2, -0.15) is 0 Å². The summed E-state index contributed by atoms with van der Waals surface area (Å²) >= 11 is 0. The third-order valence-electron chi connectivity index (χ3n) is 7.97. The number of hydrogen-bond donors (Lipinski definition) is 3. The highest BCUT2D eigenvalue weighted by Gasteiger charge is 2.36. The topological polar surface area (TPSA) is 98.7 Å². The second kappa shape index (κ2) is 13.2. The maximum Gasteiger partial charge on any atom is 0.335 e. The van der Waals surface area contributed by atoms with Gasteiger partial charge in [-0.25, -0.2) is 9.59 Å². The van der Waals surface area contributed by atoms with Crippen LogP contribution in [0, 0.1) is 12.8 Å². The third-order valence-corrected chi connectivity index (χ3v) is 7.97. The molecule has 0 heterocycles. The van der Waals surface area contributed by atoms with E-state index in [1.165, 1.54) is 28.8 Å². The van der Waals surface area contributed by atoms with Gasteiger partial charge in [-0.15, -0.1) is 0 Å². The highest BCUT2D eigenvalue weighted by Crippen LogP contribution is 2.41. The van der Waals surface area contributed by atoms with E-state index in [0.29, 0.717) is 12.2 Å². The van der Waals surface area contributed by atoms with Crippen molar-refractivity contribution in [2.45, 2.75) is 38.8 Å². The SMILES string of the molecule is Cc1ccccc1CC1CCc2ccccc2C1N(Cc1ccccc1)C(=O)CNC(=O)Nc1cccc(C(=O)O)c1. The summed E-state index contributed by atoms with van der Waals surface area (Å²) < 4.78 is 0. The average molecular weight is 562 g/mol. The van der Waals surface area contributed by atoms with Crippen molar-refractivity contribution in [1.82, 2.24) is 10.2 Å². The number of anilines is 1. The number of aromatic carboxylic acids is 1. The first-order chi connectivity index (χ1) is 20.4. The number of carboxylic acid groups (broad SMARTS) is 1. The molecule has 4 aromatic rings. The number of fused-ring (bicyclic) bond motifs is 1. The molecule has 2 atom stereocenters. The van der Waals surface area contributed by atoms with Crippen LogP contribution in [0.3, 0.4) is 0 Å². The smallest absolute Gasteiger partial charge is 0.335 e. The molecule has 0 aliphatic heterocycles. The van der Waals surface area contributed by atoms with E-state index in [9.17, 15) is 19.5 Å². The van der Waals surface area contributed by atoms with Crippen molar-refractivity contribution in [3.05, 3.63) is 137 Å². The molecule has 0 aromatic heterocycles. The first kappa shape index (κ1) is 28.6. The Bertz CT molecular complexity index is 1570. The molecule has 7 heteroatoms. The van der Waals surface area contributed by atoms with E-state index in [4.69, 9.17) is 0 Å². The lowest BCUT2D eigenvalue weighted by Gasteiger charge is -2.42. The van der Waals surface area contributed by atoms with Crippen molar-refractivity contribution in [2.75, 3.05) is 11.9 Å². The number of nitrogens with one attached hydrogen (secondary N) is 2. The third kappa shape index (κ3) is 6.86. The number of amides is 3. The van der Waals surface area contributed by atoms with Crippen LogP contribution in [0.15, 0.2) is 103 Å². The largest absolute Gasteiger partial charge is 0.478 e. The molecule has 214 valence electrons. The molecule has 5 rings (SSSR count). The Morgan fingerprint density at radius 3 is 2.40 bits per heavy atom. The van der Waals surface area contributed by atoms with Crippen LogP contribution >= 0.6 is 0 Å². The minimum absolute atomic E-state index is 0.0635. The zero-order valence-electron chi connectivity index (χ0n) is 23.6. The van der Waals surface area contributed by atoms with Gasteiger partial charge < -0.3 is 20.6 Å². The number of aryl methyl sites for hydroxylation is 2. The van der Waals surface area contributed by atoms with Gasteiger partial charge in [-0.3, -0.25) is 4.79 Å². The molecule has 0 fully saturated rings. The first-order valence-electron chi connectivity index (χ1n) is 14.2. The van der Waals surface area contributed by atoms with E-state index in [1.54, 1.807) is 12.1 Å². The molecule has 0 bridgehead atoms. The Morgan fingerprint density at radius 1 is 0.881 bits per heavy atom. The summed E-state index contributed by atoms with van der Waals surface area (Å²) in [7, 11) is 0. The van der Waals surface area contributed by atoms with Crippen LogP contribution in [0.5, 0.6) is 0 Å². The second-order valence-corrected chi connectivity index (χ2v) is 10.8. The Morgan fingerprint density at radius 2 is 1.62 bits per heavy atom. The lowest BCUT2D eigenvalue weighted by molar-refractivity contribution is -0.135. The molecular formula is C35H35N3O4. The van der Waals surface area contributed by atoms with Gasteiger partial charge in [0, 0.05) is 12.2 Å². The molecule has 0 radical (unpaired) electrons. The van der Waals surface area contributed by atoms with Crippen molar-refractivity contribution in [1.29, 1.82) is 0 Å². The van der Waals surface area contributed by atoms with E-state index in [2.05, 4.69) is 47.9 Å². The molecule has 0 spiro atoms. The van der Waals surface area contributed by atoms with E-state index in [1.807, 2.05) is 53.4 Å². The summed E-state index contributed by atoms with van der Waals surface area (Å²) in [6.45, 7) is 2.34. The lowest BCUT2D eigenvalue weighted by Crippen LogP contribution is -2.46. The first-order valence-corrected chi connectivity index (χ1v) is 14.2. The number of carboxylic acids is 1. The predicted octanol–water partition coefficient (Wildman–Crippen LogP) is 6.39. The van der Waals surface area contributed by atoms with Crippen LogP contribution in [0.1, 0.15) is 50.6 Å². The molecule has 0 saturated heterocycles. The number of hydrogen-bond acceptors (Lipinski definition) is 3. The Hall–Kier alpha value is -4.91. The van der Waals surface area contributed by atoms with E-state index in [0.717, 1.165) is 30.4 Å². The second-order valence-electron chi connectivity index (χ2n) is 10.8. The highest BCUT2D eigenvalue weighted by atomic mass is 16.4. The molecule has 3 amide bonds. The number of nitrogens with zero attached hydrogens (tertiary/aromatic N) is 1. The van der Waals surface area contributed by atoms with Crippen LogP contribution in [-0.4, -0.2) is 34.5 Å². The van der Waals surface area contributed by atoms with Crippen molar-refractivity contribution in [3.63, 3.8) is 0 Å². The molecule has 1 aliphatic carbocycles. The molecule has 3 N–H and O–H groups in total. The highest BCUT2D eigenvalue weighted by molar-refractivity contribution is 5.94. The normalized spacial score (nSPS) is 15.7. The predicted molar refractivity (Wildman–Crippen MR) is 163 cm³/mol. The fourth-order valence-corrected chi connectivity index (χ4v) is 5.85. The van der Waals surface area contributed by atoms with Gasteiger partial charge in [0.15, 0.2) is 0 Å². The van der Waals surface area contributed by atoms with Gasteiger partial charge in [-0.05, 0) is 78.1 Å². The summed E-state index contributed by atoms with van der Waals surface area (Å²) in [6.07, 6.45) is 2.74. The van der Waals surface area contributed by atoms with Gasteiger partial charge in [0.1, 0.15) is 0 Å². The fourth-order valence-electron chi connectivity index (χ4n) is 5.85. The van der Waals surface area contributed by atoms with E-state index < -0.39 is 12.0 Å². The van der Waals surface area contributed by atoms with Crippen molar-refractivity contribution in [2.24, 2.45) is 5.92 Å². The number of rotatable bonds is 9. The summed E-state index contributed by atoms with van der Waals surface area (Å²) in [6, 6.07) is 31.9.